The molecule has 0 radical (unpaired) electrons. The van der Waals surface area contributed by atoms with Gasteiger partial charge in [-0.05, 0) is 19.1 Å². The maximum Gasteiger partial charge on any atom is 0.345 e. The molecule has 0 fully saturated rings. The molecule has 0 aliphatic heterocycles. The zero-order valence-electron chi connectivity index (χ0n) is 8.25. The number of aliphatic carboxylic acids is 1. The zero-order valence-corrected chi connectivity index (χ0v) is 9.01. The van der Waals surface area contributed by atoms with E-state index in [9.17, 15) is 9.18 Å². The Morgan fingerprint density at radius 3 is 2.60 bits per heavy atom. The molecule has 0 bridgehead atoms. The number of methoxy groups -OCH3 is 1. The summed E-state index contributed by atoms with van der Waals surface area (Å²) in [5, 5.41) is 8.84. The fraction of sp³-hybridized carbons (Fsp3) is 0.300. The third-order valence-corrected chi connectivity index (χ3v) is 2.39. The van der Waals surface area contributed by atoms with Gasteiger partial charge < -0.3 is 9.84 Å². The summed E-state index contributed by atoms with van der Waals surface area (Å²) in [6, 6.07) is 4.01. The van der Waals surface area contributed by atoms with Crippen molar-refractivity contribution in [3.8, 4) is 5.75 Å². The Labute approximate surface area is 91.4 Å². The minimum Gasteiger partial charge on any atom is -0.495 e. The summed E-state index contributed by atoms with van der Waals surface area (Å²) >= 11 is 5.76. The number of rotatable bonds is 3. The van der Waals surface area contributed by atoms with E-state index in [4.69, 9.17) is 21.4 Å². The van der Waals surface area contributed by atoms with E-state index in [1.54, 1.807) is 0 Å². The number of carbonyl (C=O) groups is 1. The van der Waals surface area contributed by atoms with Crippen molar-refractivity contribution in [2.45, 2.75) is 12.6 Å². The highest BCUT2D eigenvalue weighted by molar-refractivity contribution is 6.32. The minimum atomic E-state index is -2.45. The number of halogens is 2. The Balaban J connectivity index is 3.18. The Morgan fingerprint density at radius 1 is 1.60 bits per heavy atom. The molecule has 3 nitrogen and oxygen atoms in total. The number of hydrogen-bond donors (Lipinski definition) is 1. The first kappa shape index (κ1) is 11.8. The van der Waals surface area contributed by atoms with Crippen LogP contribution in [0.1, 0.15) is 12.5 Å². The molecule has 0 aliphatic rings. The first-order valence-corrected chi connectivity index (χ1v) is 4.53. The van der Waals surface area contributed by atoms with Crippen molar-refractivity contribution >= 4 is 17.6 Å². The predicted octanol–water partition coefficient (Wildman–Crippen LogP) is 2.62. The van der Waals surface area contributed by atoms with Crippen molar-refractivity contribution in [2.24, 2.45) is 0 Å². The van der Waals surface area contributed by atoms with Crippen molar-refractivity contribution in [3.63, 3.8) is 0 Å². The molecule has 0 aliphatic carbocycles. The van der Waals surface area contributed by atoms with E-state index in [1.807, 2.05) is 0 Å². The lowest BCUT2D eigenvalue weighted by molar-refractivity contribution is -0.150. The Morgan fingerprint density at radius 2 is 2.20 bits per heavy atom. The highest BCUT2D eigenvalue weighted by Gasteiger charge is 2.35. The smallest absolute Gasteiger partial charge is 0.345 e. The Hall–Kier alpha value is -1.29. The van der Waals surface area contributed by atoms with Crippen LogP contribution in [0.5, 0.6) is 5.75 Å². The molecule has 82 valence electrons. The summed E-state index contributed by atoms with van der Waals surface area (Å²) in [6.45, 7) is 0.966. The SMILES string of the molecule is COc1ccc(C(C)(F)C(=O)O)cc1Cl. The van der Waals surface area contributed by atoms with Crippen LogP contribution in [-0.2, 0) is 10.5 Å². The monoisotopic (exact) mass is 232 g/mol. The minimum absolute atomic E-state index is 0.0131. The normalized spacial score (nSPS) is 14.4. The van der Waals surface area contributed by atoms with Crippen LogP contribution in [0.15, 0.2) is 18.2 Å². The Bertz CT molecular complexity index is 390. The van der Waals surface area contributed by atoms with E-state index in [0.29, 0.717) is 5.75 Å². The Kier molecular flexibility index (Phi) is 3.19. The van der Waals surface area contributed by atoms with E-state index in [1.165, 1.54) is 25.3 Å². The van der Waals surface area contributed by atoms with Crippen LogP contribution in [0.4, 0.5) is 4.39 Å². The van der Waals surface area contributed by atoms with Crippen LogP contribution in [0.25, 0.3) is 0 Å². The number of carboxylic acids is 1. The molecule has 1 rings (SSSR count). The molecule has 15 heavy (non-hydrogen) atoms. The molecule has 0 saturated carbocycles. The predicted molar refractivity (Wildman–Crippen MR) is 54.1 cm³/mol. The molecule has 5 heteroatoms. The summed E-state index contributed by atoms with van der Waals surface area (Å²) in [5.41, 5.74) is -2.46. The summed E-state index contributed by atoms with van der Waals surface area (Å²) < 4.78 is 18.5. The average molecular weight is 233 g/mol. The van der Waals surface area contributed by atoms with Gasteiger partial charge in [-0.3, -0.25) is 0 Å². The van der Waals surface area contributed by atoms with Crippen molar-refractivity contribution in [3.05, 3.63) is 28.8 Å². The fourth-order valence-corrected chi connectivity index (χ4v) is 1.34. The van der Waals surface area contributed by atoms with Gasteiger partial charge in [-0.15, -0.1) is 0 Å². The van der Waals surface area contributed by atoms with E-state index in [2.05, 4.69) is 0 Å². The van der Waals surface area contributed by atoms with Gasteiger partial charge in [0, 0.05) is 5.56 Å². The van der Waals surface area contributed by atoms with Crippen LogP contribution in [-0.4, -0.2) is 18.2 Å². The molecule has 0 spiro atoms. The van der Waals surface area contributed by atoms with E-state index in [-0.39, 0.29) is 10.6 Å². The number of alkyl halides is 1. The second-order valence-electron chi connectivity index (χ2n) is 3.16. The summed E-state index contributed by atoms with van der Waals surface area (Å²) in [6.07, 6.45) is 0. The number of benzene rings is 1. The highest BCUT2D eigenvalue weighted by atomic mass is 35.5. The van der Waals surface area contributed by atoms with E-state index < -0.39 is 11.6 Å². The van der Waals surface area contributed by atoms with Crippen LogP contribution in [0.3, 0.4) is 0 Å². The lowest BCUT2D eigenvalue weighted by Crippen LogP contribution is -2.26. The van der Waals surface area contributed by atoms with Crippen LogP contribution in [0, 0.1) is 0 Å². The van der Waals surface area contributed by atoms with Crippen molar-refractivity contribution < 1.29 is 19.0 Å². The van der Waals surface area contributed by atoms with Crippen molar-refractivity contribution in [2.75, 3.05) is 7.11 Å². The van der Waals surface area contributed by atoms with Gasteiger partial charge in [-0.2, -0.15) is 0 Å². The van der Waals surface area contributed by atoms with Gasteiger partial charge in [0.15, 0.2) is 0 Å². The third kappa shape index (κ3) is 2.21. The lowest BCUT2D eigenvalue weighted by Gasteiger charge is -2.16. The zero-order chi connectivity index (χ0) is 11.6. The van der Waals surface area contributed by atoms with Gasteiger partial charge in [-0.1, -0.05) is 17.7 Å². The van der Waals surface area contributed by atoms with E-state index in [0.717, 1.165) is 6.92 Å². The van der Waals surface area contributed by atoms with Gasteiger partial charge >= 0.3 is 5.97 Å². The van der Waals surface area contributed by atoms with Gasteiger partial charge in [0.1, 0.15) is 5.75 Å². The van der Waals surface area contributed by atoms with Gasteiger partial charge in [0.05, 0.1) is 12.1 Å². The number of carboxylic acid groups (broad SMARTS) is 1. The van der Waals surface area contributed by atoms with Crippen molar-refractivity contribution in [1.29, 1.82) is 0 Å². The third-order valence-electron chi connectivity index (χ3n) is 2.10. The molecular weight excluding hydrogens is 223 g/mol. The molecule has 1 N–H and O–H groups in total. The van der Waals surface area contributed by atoms with Crippen LogP contribution < -0.4 is 4.74 Å². The van der Waals surface area contributed by atoms with Crippen LogP contribution >= 0.6 is 11.6 Å². The molecule has 0 heterocycles. The highest BCUT2D eigenvalue weighted by Crippen LogP contribution is 2.32. The first-order valence-electron chi connectivity index (χ1n) is 4.16. The summed E-state index contributed by atoms with van der Waals surface area (Å²) in [7, 11) is 1.42. The lowest BCUT2D eigenvalue weighted by atomic mass is 9.98. The molecule has 1 unspecified atom stereocenters. The largest absolute Gasteiger partial charge is 0.495 e. The number of hydrogen-bond acceptors (Lipinski definition) is 2. The number of ether oxygens (including phenoxy) is 1. The van der Waals surface area contributed by atoms with E-state index >= 15 is 0 Å². The van der Waals surface area contributed by atoms with Crippen molar-refractivity contribution in [1.82, 2.24) is 0 Å². The van der Waals surface area contributed by atoms with Crippen LogP contribution in [0.2, 0.25) is 5.02 Å². The fourth-order valence-electron chi connectivity index (χ4n) is 1.08. The quantitative estimate of drug-likeness (QED) is 0.872. The first-order chi connectivity index (χ1) is 6.89. The average Bonchev–Trinajstić information content (AvgIpc) is 2.17. The standard InChI is InChI=1S/C10H10ClFO3/c1-10(12,9(13)14)6-3-4-8(15-2)7(11)5-6/h3-5H,1-2H3,(H,13,14). The summed E-state index contributed by atoms with van der Waals surface area (Å²) in [4.78, 5) is 10.6. The second-order valence-corrected chi connectivity index (χ2v) is 3.56. The molecule has 0 amide bonds. The maximum atomic E-state index is 13.7. The molecular formula is C10H10ClFO3. The van der Waals surface area contributed by atoms with Gasteiger partial charge in [0.25, 0.3) is 0 Å². The topological polar surface area (TPSA) is 46.5 Å². The molecule has 0 saturated heterocycles. The van der Waals surface area contributed by atoms with Gasteiger partial charge in [-0.25, -0.2) is 9.18 Å². The molecule has 1 atom stereocenters. The summed E-state index contributed by atoms with van der Waals surface area (Å²) in [5.74, 6) is -1.18. The van der Waals surface area contributed by atoms with Gasteiger partial charge in [0.2, 0.25) is 5.67 Å². The maximum absolute atomic E-state index is 13.7. The molecule has 1 aromatic carbocycles. The molecule has 0 aromatic heterocycles. The molecule has 1 aromatic rings. The second kappa shape index (κ2) is 4.06.